The molecule has 2 N–H and O–H groups in total. The largest absolute Gasteiger partial charge is 0.497 e. The average molecular weight is 356 g/mol. The standard InChI is InChI=1S/C15H14F2N2O4S/c1-9(20)18-14-4-3-12(23-2)8-15(14)19-24(21,22)13-6-10(16)5-11(17)7-13/h3-8,19H,1-2H3,(H,18,20). The molecule has 0 unspecified atom stereocenters. The number of methoxy groups -OCH3 is 1. The molecule has 0 spiro atoms. The predicted octanol–water partition coefficient (Wildman–Crippen LogP) is 2.73. The minimum atomic E-state index is -4.28. The first-order valence-corrected chi connectivity index (χ1v) is 8.14. The molecule has 0 saturated carbocycles. The maximum absolute atomic E-state index is 13.3. The van der Waals surface area contributed by atoms with Crippen molar-refractivity contribution in [3.63, 3.8) is 0 Å². The third-order valence-electron chi connectivity index (χ3n) is 2.93. The van der Waals surface area contributed by atoms with Crippen LogP contribution in [0.2, 0.25) is 0 Å². The summed E-state index contributed by atoms with van der Waals surface area (Å²) in [6.45, 7) is 1.25. The van der Waals surface area contributed by atoms with E-state index in [1.54, 1.807) is 0 Å². The smallest absolute Gasteiger partial charge is 0.262 e. The molecule has 2 aromatic rings. The zero-order valence-electron chi connectivity index (χ0n) is 12.8. The summed E-state index contributed by atoms with van der Waals surface area (Å²) < 4.78 is 58.4. The predicted molar refractivity (Wildman–Crippen MR) is 84.5 cm³/mol. The van der Waals surface area contributed by atoms with Gasteiger partial charge in [-0.3, -0.25) is 9.52 Å². The first-order valence-electron chi connectivity index (χ1n) is 6.66. The number of benzene rings is 2. The Morgan fingerprint density at radius 2 is 1.67 bits per heavy atom. The highest BCUT2D eigenvalue weighted by molar-refractivity contribution is 7.92. The first kappa shape index (κ1) is 17.7. The van der Waals surface area contributed by atoms with E-state index in [4.69, 9.17) is 4.74 Å². The Hall–Kier alpha value is -2.68. The molecule has 0 atom stereocenters. The Labute approximate surface area is 137 Å². The molecule has 9 heteroatoms. The van der Waals surface area contributed by atoms with E-state index in [9.17, 15) is 22.0 Å². The molecule has 0 saturated heterocycles. The van der Waals surface area contributed by atoms with Crippen LogP contribution in [0.1, 0.15) is 6.92 Å². The second kappa shape index (κ2) is 6.83. The lowest BCUT2D eigenvalue weighted by Crippen LogP contribution is -2.16. The van der Waals surface area contributed by atoms with Crippen molar-refractivity contribution in [2.75, 3.05) is 17.1 Å². The highest BCUT2D eigenvalue weighted by atomic mass is 32.2. The Morgan fingerprint density at radius 1 is 1.04 bits per heavy atom. The fourth-order valence-electron chi connectivity index (χ4n) is 1.92. The maximum Gasteiger partial charge on any atom is 0.262 e. The lowest BCUT2D eigenvalue weighted by molar-refractivity contribution is -0.114. The van der Waals surface area contributed by atoms with Gasteiger partial charge < -0.3 is 10.1 Å². The Balaban J connectivity index is 2.46. The summed E-state index contributed by atoms with van der Waals surface area (Å²) >= 11 is 0. The third-order valence-corrected chi connectivity index (χ3v) is 4.27. The maximum atomic E-state index is 13.3. The zero-order chi connectivity index (χ0) is 17.9. The van der Waals surface area contributed by atoms with Crippen LogP contribution in [0.15, 0.2) is 41.3 Å². The van der Waals surface area contributed by atoms with Crippen LogP contribution in [0.3, 0.4) is 0 Å². The van der Waals surface area contributed by atoms with Gasteiger partial charge in [0.25, 0.3) is 10.0 Å². The van der Waals surface area contributed by atoms with E-state index in [0.717, 1.165) is 0 Å². The van der Waals surface area contributed by atoms with Crippen molar-refractivity contribution in [1.82, 2.24) is 0 Å². The van der Waals surface area contributed by atoms with Gasteiger partial charge in [-0.15, -0.1) is 0 Å². The summed E-state index contributed by atoms with van der Waals surface area (Å²) in [4.78, 5) is 10.6. The Morgan fingerprint density at radius 3 is 2.21 bits per heavy atom. The van der Waals surface area contributed by atoms with E-state index in [1.165, 1.54) is 32.2 Å². The van der Waals surface area contributed by atoms with E-state index in [2.05, 4.69) is 10.0 Å². The van der Waals surface area contributed by atoms with Crippen LogP contribution in [0.25, 0.3) is 0 Å². The van der Waals surface area contributed by atoms with Gasteiger partial charge in [-0.2, -0.15) is 0 Å². The van der Waals surface area contributed by atoms with Gasteiger partial charge >= 0.3 is 0 Å². The molecule has 2 aromatic carbocycles. The molecule has 24 heavy (non-hydrogen) atoms. The number of rotatable bonds is 5. The average Bonchev–Trinajstić information content (AvgIpc) is 2.47. The van der Waals surface area contributed by atoms with Crippen molar-refractivity contribution in [1.29, 1.82) is 0 Å². The van der Waals surface area contributed by atoms with Crippen LogP contribution in [-0.4, -0.2) is 21.4 Å². The quantitative estimate of drug-likeness (QED) is 0.863. The molecule has 0 bridgehead atoms. The van der Waals surface area contributed by atoms with Gasteiger partial charge in [0.2, 0.25) is 5.91 Å². The van der Waals surface area contributed by atoms with E-state index in [0.29, 0.717) is 23.9 Å². The minimum absolute atomic E-state index is 0.00535. The van der Waals surface area contributed by atoms with Gasteiger partial charge in [0.05, 0.1) is 23.4 Å². The summed E-state index contributed by atoms with van der Waals surface area (Å²) in [6, 6.07) is 6.22. The van der Waals surface area contributed by atoms with Crippen molar-refractivity contribution < 1.29 is 26.7 Å². The molecule has 0 aliphatic rings. The number of amides is 1. The summed E-state index contributed by atoms with van der Waals surface area (Å²) in [7, 11) is -2.90. The SMILES string of the molecule is COc1ccc(NC(C)=O)c(NS(=O)(=O)c2cc(F)cc(F)c2)c1. The van der Waals surface area contributed by atoms with Crippen molar-refractivity contribution in [3.05, 3.63) is 48.0 Å². The second-order valence-electron chi connectivity index (χ2n) is 4.80. The minimum Gasteiger partial charge on any atom is -0.497 e. The monoisotopic (exact) mass is 356 g/mol. The van der Waals surface area contributed by atoms with Gasteiger partial charge in [0.15, 0.2) is 0 Å². The zero-order valence-corrected chi connectivity index (χ0v) is 13.6. The molecule has 0 aliphatic carbocycles. The molecule has 0 aromatic heterocycles. The molecular weight excluding hydrogens is 342 g/mol. The fourth-order valence-corrected chi connectivity index (χ4v) is 3.03. The van der Waals surface area contributed by atoms with Crippen molar-refractivity contribution >= 4 is 27.3 Å². The number of ether oxygens (including phenoxy) is 1. The Kier molecular flexibility index (Phi) is 5.03. The Bertz CT molecular complexity index is 865. The molecule has 0 aliphatic heterocycles. The van der Waals surface area contributed by atoms with Crippen molar-refractivity contribution in [2.45, 2.75) is 11.8 Å². The summed E-state index contributed by atoms with van der Waals surface area (Å²) in [5.41, 5.74) is 0.165. The lowest BCUT2D eigenvalue weighted by atomic mass is 10.2. The highest BCUT2D eigenvalue weighted by Gasteiger charge is 2.19. The fraction of sp³-hybridized carbons (Fsp3) is 0.133. The van der Waals surface area contributed by atoms with E-state index in [1.807, 2.05) is 0 Å². The first-order chi connectivity index (χ1) is 11.2. The number of carbonyl (C=O) groups excluding carboxylic acids is 1. The number of halogens is 2. The molecule has 6 nitrogen and oxygen atoms in total. The van der Waals surface area contributed by atoms with Gasteiger partial charge in [0, 0.05) is 19.1 Å². The second-order valence-corrected chi connectivity index (χ2v) is 6.49. The van der Waals surface area contributed by atoms with Crippen LogP contribution < -0.4 is 14.8 Å². The molecule has 0 heterocycles. The topological polar surface area (TPSA) is 84.5 Å². The molecular formula is C15H14F2N2O4S. The van der Waals surface area contributed by atoms with Gasteiger partial charge in [-0.05, 0) is 24.3 Å². The molecule has 0 fully saturated rings. The van der Waals surface area contributed by atoms with Crippen LogP contribution in [0, 0.1) is 11.6 Å². The van der Waals surface area contributed by atoms with Crippen molar-refractivity contribution in [3.8, 4) is 5.75 Å². The normalized spacial score (nSPS) is 11.0. The number of carbonyl (C=O) groups is 1. The van der Waals surface area contributed by atoms with E-state index >= 15 is 0 Å². The van der Waals surface area contributed by atoms with Gasteiger partial charge in [-0.1, -0.05) is 0 Å². The van der Waals surface area contributed by atoms with Crippen LogP contribution in [0.5, 0.6) is 5.75 Å². The highest BCUT2D eigenvalue weighted by Crippen LogP contribution is 2.29. The van der Waals surface area contributed by atoms with Crippen molar-refractivity contribution in [2.24, 2.45) is 0 Å². The van der Waals surface area contributed by atoms with Gasteiger partial charge in [-0.25, -0.2) is 17.2 Å². The number of anilines is 2. The molecule has 2 rings (SSSR count). The van der Waals surface area contributed by atoms with Crippen LogP contribution in [0.4, 0.5) is 20.2 Å². The van der Waals surface area contributed by atoms with Crippen LogP contribution in [-0.2, 0) is 14.8 Å². The summed E-state index contributed by atoms with van der Waals surface area (Å²) in [6.07, 6.45) is 0. The van der Waals surface area contributed by atoms with E-state index in [-0.39, 0.29) is 11.4 Å². The van der Waals surface area contributed by atoms with E-state index < -0.39 is 32.5 Å². The number of nitrogens with one attached hydrogen (secondary N) is 2. The summed E-state index contributed by atoms with van der Waals surface area (Å²) in [5.74, 6) is -2.14. The third kappa shape index (κ3) is 4.19. The lowest BCUT2D eigenvalue weighted by Gasteiger charge is -2.14. The molecule has 1 amide bonds. The number of hydrogen-bond acceptors (Lipinski definition) is 4. The number of sulfonamides is 1. The van der Waals surface area contributed by atoms with Gasteiger partial charge in [0.1, 0.15) is 17.4 Å². The molecule has 128 valence electrons. The van der Waals surface area contributed by atoms with Crippen LogP contribution >= 0.6 is 0 Å². The number of hydrogen-bond donors (Lipinski definition) is 2. The molecule has 0 radical (unpaired) electrons. The summed E-state index contributed by atoms with van der Waals surface area (Å²) in [5, 5.41) is 2.45.